The summed E-state index contributed by atoms with van der Waals surface area (Å²) in [4.78, 5) is 0. The lowest BCUT2D eigenvalue weighted by molar-refractivity contribution is 0.00277. The normalized spacial score (nSPS) is 35.6. The van der Waals surface area contributed by atoms with E-state index in [2.05, 4.69) is 5.32 Å². The molecule has 0 heterocycles. The summed E-state index contributed by atoms with van der Waals surface area (Å²) in [5.41, 5.74) is 5.44. The van der Waals surface area contributed by atoms with Gasteiger partial charge in [0.25, 0.3) is 0 Å². The minimum atomic E-state index is -0.426. The maximum atomic E-state index is 10.3. The van der Waals surface area contributed by atoms with Crippen LogP contribution in [0.2, 0.25) is 0 Å². The van der Waals surface area contributed by atoms with Crippen LogP contribution >= 0.6 is 0 Å². The zero-order valence-electron chi connectivity index (χ0n) is 9.54. The minimum absolute atomic E-state index is 0.378. The van der Waals surface area contributed by atoms with Gasteiger partial charge in [0, 0.05) is 18.6 Å². The van der Waals surface area contributed by atoms with Gasteiger partial charge >= 0.3 is 0 Å². The number of hydrogen-bond acceptors (Lipinski definition) is 3. The summed E-state index contributed by atoms with van der Waals surface area (Å²) in [5, 5.41) is 13.8. The Bertz CT molecular complexity index is 202. The second-order valence-electron chi connectivity index (χ2n) is 5.44. The van der Waals surface area contributed by atoms with Crippen LogP contribution in [0.5, 0.6) is 0 Å². The second kappa shape index (κ2) is 4.81. The number of rotatable bonds is 3. The average molecular weight is 212 g/mol. The number of nitrogens with two attached hydrogens (primary N) is 1. The van der Waals surface area contributed by atoms with Gasteiger partial charge in [0.2, 0.25) is 0 Å². The maximum absolute atomic E-state index is 10.3. The van der Waals surface area contributed by atoms with Crippen molar-refractivity contribution < 1.29 is 5.11 Å². The topological polar surface area (TPSA) is 58.3 Å². The van der Waals surface area contributed by atoms with Crippen LogP contribution in [0, 0.1) is 0 Å². The van der Waals surface area contributed by atoms with Crippen molar-refractivity contribution in [1.82, 2.24) is 5.32 Å². The molecule has 0 amide bonds. The summed E-state index contributed by atoms with van der Waals surface area (Å²) in [5.74, 6) is 0. The smallest absolute Gasteiger partial charge is 0.0771 e. The first-order valence-corrected chi connectivity index (χ1v) is 6.39. The molecule has 0 bridgehead atoms. The minimum Gasteiger partial charge on any atom is -0.389 e. The first-order chi connectivity index (χ1) is 7.18. The number of aliphatic hydroxyl groups is 1. The van der Waals surface area contributed by atoms with Crippen LogP contribution in [0.15, 0.2) is 0 Å². The molecule has 3 nitrogen and oxygen atoms in total. The summed E-state index contributed by atoms with van der Waals surface area (Å²) in [6.45, 7) is 0.768. The van der Waals surface area contributed by atoms with Gasteiger partial charge in [-0.25, -0.2) is 0 Å². The average Bonchev–Trinajstić information content (AvgIpc) is 2.63. The Morgan fingerprint density at radius 1 is 1.20 bits per heavy atom. The molecule has 0 radical (unpaired) electrons. The van der Waals surface area contributed by atoms with Gasteiger partial charge in [-0.05, 0) is 32.1 Å². The predicted octanol–water partition coefficient (Wildman–Crippen LogP) is 1.15. The Kier molecular flexibility index (Phi) is 3.65. The molecule has 2 fully saturated rings. The van der Waals surface area contributed by atoms with E-state index in [1.54, 1.807) is 0 Å². The first-order valence-electron chi connectivity index (χ1n) is 6.39. The molecule has 3 heteroatoms. The number of nitrogens with one attached hydrogen (secondary N) is 1. The van der Waals surface area contributed by atoms with E-state index in [0.717, 1.165) is 32.2 Å². The molecular formula is C12H24N2O. The monoisotopic (exact) mass is 212 g/mol. The Labute approximate surface area is 92.4 Å². The zero-order chi connectivity index (χ0) is 10.7. The summed E-state index contributed by atoms with van der Waals surface area (Å²) >= 11 is 0. The lowest BCUT2D eigenvalue weighted by atomic mass is 9.85. The molecule has 2 rings (SSSR count). The van der Waals surface area contributed by atoms with Crippen LogP contribution in [-0.2, 0) is 0 Å². The van der Waals surface area contributed by atoms with Gasteiger partial charge in [0.05, 0.1) is 5.60 Å². The van der Waals surface area contributed by atoms with E-state index in [1.165, 1.54) is 25.7 Å². The van der Waals surface area contributed by atoms with Gasteiger partial charge < -0.3 is 16.2 Å². The molecule has 0 spiro atoms. The predicted molar refractivity (Wildman–Crippen MR) is 61.7 cm³/mol. The highest BCUT2D eigenvalue weighted by Gasteiger charge is 2.30. The van der Waals surface area contributed by atoms with Crippen molar-refractivity contribution in [2.24, 2.45) is 5.73 Å². The molecule has 0 saturated heterocycles. The molecule has 2 unspecified atom stereocenters. The highest BCUT2D eigenvalue weighted by Crippen LogP contribution is 2.28. The van der Waals surface area contributed by atoms with E-state index in [-0.39, 0.29) is 0 Å². The van der Waals surface area contributed by atoms with E-state index < -0.39 is 5.60 Å². The standard InChI is InChI=1S/C12H24N2O/c13-10-4-5-11(8-10)14-9-12(15)6-2-1-3-7-12/h10-11,14-15H,1-9,13H2. The highest BCUT2D eigenvalue weighted by atomic mass is 16.3. The third kappa shape index (κ3) is 3.16. The SMILES string of the molecule is NC1CCC(NCC2(O)CCCCC2)C1. The van der Waals surface area contributed by atoms with Crippen LogP contribution in [-0.4, -0.2) is 29.3 Å². The van der Waals surface area contributed by atoms with E-state index in [1.807, 2.05) is 0 Å². The lowest BCUT2D eigenvalue weighted by Crippen LogP contribution is -2.45. The largest absolute Gasteiger partial charge is 0.389 e. The number of hydrogen-bond donors (Lipinski definition) is 3. The molecule has 88 valence electrons. The lowest BCUT2D eigenvalue weighted by Gasteiger charge is -2.33. The van der Waals surface area contributed by atoms with E-state index in [0.29, 0.717) is 12.1 Å². The second-order valence-corrected chi connectivity index (χ2v) is 5.44. The molecule has 2 atom stereocenters. The molecule has 2 aliphatic rings. The van der Waals surface area contributed by atoms with E-state index >= 15 is 0 Å². The van der Waals surface area contributed by atoms with Gasteiger partial charge in [-0.15, -0.1) is 0 Å². The van der Waals surface area contributed by atoms with Crippen LogP contribution in [0.1, 0.15) is 51.4 Å². The van der Waals surface area contributed by atoms with Gasteiger partial charge in [-0.1, -0.05) is 19.3 Å². The third-order valence-corrected chi connectivity index (χ3v) is 3.98. The molecule has 0 aromatic carbocycles. The molecule has 4 N–H and O–H groups in total. The fourth-order valence-electron chi connectivity index (χ4n) is 2.92. The quantitative estimate of drug-likeness (QED) is 0.658. The molecule has 15 heavy (non-hydrogen) atoms. The summed E-state index contributed by atoms with van der Waals surface area (Å²) in [6.07, 6.45) is 8.99. The van der Waals surface area contributed by atoms with Crippen molar-refractivity contribution in [3.05, 3.63) is 0 Å². The first kappa shape index (κ1) is 11.4. The van der Waals surface area contributed by atoms with Crippen LogP contribution in [0.3, 0.4) is 0 Å². The van der Waals surface area contributed by atoms with E-state index in [9.17, 15) is 5.11 Å². The molecule has 2 saturated carbocycles. The van der Waals surface area contributed by atoms with Gasteiger partial charge in [-0.2, -0.15) is 0 Å². The van der Waals surface area contributed by atoms with Crippen molar-refractivity contribution in [3.63, 3.8) is 0 Å². The van der Waals surface area contributed by atoms with Crippen molar-refractivity contribution >= 4 is 0 Å². The zero-order valence-corrected chi connectivity index (χ0v) is 9.54. The summed E-state index contributed by atoms with van der Waals surface area (Å²) < 4.78 is 0. The summed E-state index contributed by atoms with van der Waals surface area (Å²) in [6, 6.07) is 0.925. The van der Waals surface area contributed by atoms with Crippen LogP contribution in [0.4, 0.5) is 0 Å². The molecule has 2 aliphatic carbocycles. The van der Waals surface area contributed by atoms with Crippen LogP contribution in [0.25, 0.3) is 0 Å². The fraction of sp³-hybridized carbons (Fsp3) is 1.00. The van der Waals surface area contributed by atoms with Gasteiger partial charge in [0.15, 0.2) is 0 Å². The Morgan fingerprint density at radius 2 is 1.93 bits per heavy atom. The fourth-order valence-corrected chi connectivity index (χ4v) is 2.92. The Morgan fingerprint density at radius 3 is 2.53 bits per heavy atom. The Balaban J connectivity index is 1.72. The molecular weight excluding hydrogens is 188 g/mol. The highest BCUT2D eigenvalue weighted by molar-refractivity contribution is 4.89. The molecule has 0 aromatic heterocycles. The Hall–Kier alpha value is -0.120. The third-order valence-electron chi connectivity index (χ3n) is 3.98. The maximum Gasteiger partial charge on any atom is 0.0771 e. The van der Waals surface area contributed by atoms with E-state index in [4.69, 9.17) is 5.73 Å². The molecule has 0 aromatic rings. The van der Waals surface area contributed by atoms with Crippen molar-refractivity contribution in [2.75, 3.05) is 6.54 Å². The molecule has 0 aliphatic heterocycles. The van der Waals surface area contributed by atoms with Gasteiger partial charge in [-0.3, -0.25) is 0 Å². The summed E-state index contributed by atoms with van der Waals surface area (Å²) in [7, 11) is 0. The van der Waals surface area contributed by atoms with Gasteiger partial charge in [0.1, 0.15) is 0 Å². The van der Waals surface area contributed by atoms with Crippen molar-refractivity contribution in [2.45, 2.75) is 69.1 Å². The van der Waals surface area contributed by atoms with Crippen molar-refractivity contribution in [1.29, 1.82) is 0 Å². The van der Waals surface area contributed by atoms with Crippen LogP contribution < -0.4 is 11.1 Å². The van der Waals surface area contributed by atoms with Crippen molar-refractivity contribution in [3.8, 4) is 0 Å².